The Morgan fingerprint density at radius 3 is 2.90 bits per heavy atom. The Hall–Kier alpha value is -1.13. The average molecular weight is 315 g/mol. The van der Waals surface area contributed by atoms with Gasteiger partial charge < -0.3 is 5.11 Å². The molecule has 20 heavy (non-hydrogen) atoms. The molecule has 1 fully saturated rings. The third kappa shape index (κ3) is 2.96. The second kappa shape index (κ2) is 6.10. The van der Waals surface area contributed by atoms with Gasteiger partial charge in [-0.3, -0.25) is 0 Å². The van der Waals surface area contributed by atoms with Crippen LogP contribution in [0.5, 0.6) is 0 Å². The third-order valence-corrected chi connectivity index (χ3v) is 5.61. The van der Waals surface area contributed by atoms with Gasteiger partial charge in [-0.25, -0.2) is 8.42 Å². The van der Waals surface area contributed by atoms with Gasteiger partial charge in [0, 0.05) is 24.7 Å². The smallest absolute Gasteiger partial charge is 0.244 e. The van der Waals surface area contributed by atoms with Gasteiger partial charge in [0.15, 0.2) is 0 Å². The number of nitrogens with zero attached hydrogens (tertiary/aromatic N) is 2. The summed E-state index contributed by atoms with van der Waals surface area (Å²) in [5, 5.41) is 18.3. The summed E-state index contributed by atoms with van der Waals surface area (Å²) in [5.74, 6) is 0.166. The molecule has 2 rings (SSSR count). The van der Waals surface area contributed by atoms with E-state index in [1.807, 2.05) is 6.07 Å². The summed E-state index contributed by atoms with van der Waals surface area (Å²) in [7, 11) is -3.71. The van der Waals surface area contributed by atoms with Crippen LogP contribution in [0.2, 0.25) is 5.02 Å². The molecule has 0 aliphatic carbocycles. The monoisotopic (exact) mass is 314 g/mol. The second-order valence-corrected chi connectivity index (χ2v) is 7.13. The van der Waals surface area contributed by atoms with Crippen LogP contribution in [0.3, 0.4) is 0 Å². The van der Waals surface area contributed by atoms with E-state index >= 15 is 0 Å². The van der Waals surface area contributed by atoms with Crippen molar-refractivity contribution >= 4 is 21.6 Å². The van der Waals surface area contributed by atoms with Crippen LogP contribution in [0.25, 0.3) is 0 Å². The Morgan fingerprint density at radius 2 is 2.25 bits per heavy atom. The predicted octanol–water partition coefficient (Wildman–Crippen LogP) is 1.60. The molecule has 1 atom stereocenters. The van der Waals surface area contributed by atoms with Crippen molar-refractivity contribution in [2.75, 3.05) is 19.7 Å². The van der Waals surface area contributed by atoms with Crippen molar-refractivity contribution in [1.82, 2.24) is 4.31 Å². The third-order valence-electron chi connectivity index (χ3n) is 3.47. The van der Waals surface area contributed by atoms with Crippen LogP contribution in [0.15, 0.2) is 23.1 Å². The molecule has 1 N–H and O–H groups in total. The summed E-state index contributed by atoms with van der Waals surface area (Å²) in [6.07, 6.45) is 1.31. The Balaban J connectivity index is 2.32. The summed E-state index contributed by atoms with van der Waals surface area (Å²) >= 11 is 5.84. The van der Waals surface area contributed by atoms with E-state index in [1.54, 1.807) is 0 Å². The maximum absolute atomic E-state index is 12.6. The Bertz CT molecular complexity index is 640. The van der Waals surface area contributed by atoms with Crippen molar-refractivity contribution in [3.05, 3.63) is 28.8 Å². The molecule has 1 aromatic carbocycles. The van der Waals surface area contributed by atoms with Crippen LogP contribution < -0.4 is 0 Å². The first-order valence-electron chi connectivity index (χ1n) is 6.29. The lowest BCUT2D eigenvalue weighted by Gasteiger charge is -2.17. The number of sulfonamides is 1. The van der Waals surface area contributed by atoms with Crippen LogP contribution >= 0.6 is 11.6 Å². The fourth-order valence-corrected chi connectivity index (χ4v) is 4.31. The van der Waals surface area contributed by atoms with Gasteiger partial charge in [0.1, 0.15) is 11.0 Å². The predicted molar refractivity (Wildman–Crippen MR) is 74.7 cm³/mol. The van der Waals surface area contributed by atoms with E-state index in [4.69, 9.17) is 22.0 Å². The lowest BCUT2D eigenvalue weighted by atomic mass is 10.1. The van der Waals surface area contributed by atoms with E-state index in [-0.39, 0.29) is 28.0 Å². The maximum atomic E-state index is 12.6. The van der Waals surface area contributed by atoms with Crippen molar-refractivity contribution in [2.24, 2.45) is 5.92 Å². The fourth-order valence-electron chi connectivity index (χ4n) is 2.37. The van der Waals surface area contributed by atoms with Gasteiger partial charge in [-0.15, -0.1) is 0 Å². The van der Waals surface area contributed by atoms with Crippen LogP contribution in [0.1, 0.15) is 18.4 Å². The van der Waals surface area contributed by atoms with E-state index < -0.39 is 10.0 Å². The van der Waals surface area contributed by atoms with Gasteiger partial charge >= 0.3 is 0 Å². The molecule has 0 bridgehead atoms. The van der Waals surface area contributed by atoms with Gasteiger partial charge in [-0.05, 0) is 37.0 Å². The molecule has 0 saturated carbocycles. The fraction of sp³-hybridized carbons (Fsp3) is 0.462. The SMILES string of the molecule is N#Cc1ccc(Cl)cc1S(=O)(=O)N1CCC(CCO)C1. The van der Waals surface area contributed by atoms with E-state index in [9.17, 15) is 8.42 Å². The van der Waals surface area contributed by atoms with Crippen LogP contribution in [0, 0.1) is 17.2 Å². The lowest BCUT2D eigenvalue weighted by molar-refractivity contribution is 0.259. The highest BCUT2D eigenvalue weighted by molar-refractivity contribution is 7.89. The average Bonchev–Trinajstić information content (AvgIpc) is 2.88. The van der Waals surface area contributed by atoms with E-state index in [0.717, 1.165) is 6.42 Å². The van der Waals surface area contributed by atoms with E-state index in [2.05, 4.69) is 0 Å². The molecular weight excluding hydrogens is 300 g/mol. The highest BCUT2D eigenvalue weighted by Crippen LogP contribution is 2.29. The molecule has 1 aliphatic rings. The van der Waals surface area contributed by atoms with E-state index in [1.165, 1.54) is 22.5 Å². The number of aliphatic hydroxyl groups is 1. The van der Waals surface area contributed by atoms with Crippen molar-refractivity contribution in [3.63, 3.8) is 0 Å². The first-order valence-corrected chi connectivity index (χ1v) is 8.11. The minimum absolute atomic E-state index is 0.0443. The first kappa shape index (κ1) is 15.3. The number of halogens is 1. The molecule has 1 unspecified atom stereocenters. The zero-order valence-corrected chi connectivity index (χ0v) is 12.4. The summed E-state index contributed by atoms with van der Waals surface area (Å²) < 4.78 is 26.5. The molecule has 1 saturated heterocycles. The van der Waals surface area contributed by atoms with Crippen molar-refractivity contribution in [2.45, 2.75) is 17.7 Å². The molecule has 108 valence electrons. The molecule has 7 heteroatoms. The minimum Gasteiger partial charge on any atom is -0.396 e. The van der Waals surface area contributed by atoms with Crippen molar-refractivity contribution in [3.8, 4) is 6.07 Å². The maximum Gasteiger partial charge on any atom is 0.244 e. The van der Waals surface area contributed by atoms with Gasteiger partial charge in [-0.2, -0.15) is 9.57 Å². The van der Waals surface area contributed by atoms with Crippen molar-refractivity contribution < 1.29 is 13.5 Å². The molecule has 5 nitrogen and oxygen atoms in total. The number of nitriles is 1. The highest BCUT2D eigenvalue weighted by Gasteiger charge is 2.33. The number of rotatable bonds is 4. The van der Waals surface area contributed by atoms with Gasteiger partial charge in [0.2, 0.25) is 10.0 Å². The molecule has 1 aliphatic heterocycles. The summed E-state index contributed by atoms with van der Waals surface area (Å²) in [5.41, 5.74) is 0.0972. The largest absolute Gasteiger partial charge is 0.396 e. The topological polar surface area (TPSA) is 81.4 Å². The molecule has 1 heterocycles. The highest BCUT2D eigenvalue weighted by atomic mass is 35.5. The molecule has 0 amide bonds. The van der Waals surface area contributed by atoms with Crippen LogP contribution in [-0.2, 0) is 10.0 Å². The van der Waals surface area contributed by atoms with E-state index in [0.29, 0.717) is 19.5 Å². The molecule has 0 aromatic heterocycles. The quantitative estimate of drug-likeness (QED) is 0.915. The van der Waals surface area contributed by atoms with Crippen molar-refractivity contribution in [1.29, 1.82) is 5.26 Å². The number of hydrogen-bond donors (Lipinski definition) is 1. The zero-order chi connectivity index (χ0) is 14.8. The second-order valence-electron chi connectivity index (χ2n) is 4.78. The summed E-state index contributed by atoms with van der Waals surface area (Å²) in [6, 6.07) is 6.11. The normalized spacial score (nSPS) is 19.9. The van der Waals surface area contributed by atoms with Crippen LogP contribution in [0.4, 0.5) is 0 Å². The standard InChI is InChI=1S/C13H15ClN2O3S/c14-12-2-1-11(8-15)13(7-12)20(18,19)16-5-3-10(9-16)4-6-17/h1-2,7,10,17H,3-6,9H2. The Morgan fingerprint density at radius 1 is 1.50 bits per heavy atom. The molecule has 1 aromatic rings. The first-order chi connectivity index (χ1) is 9.48. The van der Waals surface area contributed by atoms with Gasteiger partial charge in [0.25, 0.3) is 0 Å². The number of hydrogen-bond acceptors (Lipinski definition) is 4. The summed E-state index contributed by atoms with van der Waals surface area (Å²) in [4.78, 5) is -0.0443. The molecule has 0 radical (unpaired) electrons. The minimum atomic E-state index is -3.71. The number of benzene rings is 1. The zero-order valence-electron chi connectivity index (χ0n) is 10.8. The number of aliphatic hydroxyl groups excluding tert-OH is 1. The molecular formula is C13H15ClN2O3S. The van der Waals surface area contributed by atoms with Gasteiger partial charge in [-0.1, -0.05) is 11.6 Å². The molecule has 0 spiro atoms. The van der Waals surface area contributed by atoms with Crippen LogP contribution in [-0.4, -0.2) is 37.5 Å². The Labute approximate surface area is 123 Å². The summed E-state index contributed by atoms with van der Waals surface area (Å²) in [6.45, 7) is 0.837. The lowest BCUT2D eigenvalue weighted by Crippen LogP contribution is -2.29. The van der Waals surface area contributed by atoms with Gasteiger partial charge in [0.05, 0.1) is 5.56 Å². The Kier molecular flexibility index (Phi) is 4.66.